The zero-order valence-corrected chi connectivity index (χ0v) is 13.7. The first-order valence-corrected chi connectivity index (χ1v) is 7.66. The molecule has 1 aromatic heterocycles. The van der Waals surface area contributed by atoms with Crippen molar-refractivity contribution in [2.24, 2.45) is 5.10 Å². The number of nitrogens with zero attached hydrogens (tertiary/aromatic N) is 2. The monoisotopic (exact) mass is 324 g/mol. The number of hydrogen-bond acceptors (Lipinski definition) is 4. The molecule has 2 amide bonds. The number of nitrogens with one attached hydrogen (secondary N) is 2. The van der Waals surface area contributed by atoms with Crippen LogP contribution < -0.4 is 10.7 Å². The molecule has 2 rings (SSSR count). The first kappa shape index (κ1) is 17.3. The molecule has 1 heterocycles. The Morgan fingerprint density at radius 3 is 2.54 bits per heavy atom. The lowest BCUT2D eigenvalue weighted by atomic mass is 10.0. The van der Waals surface area contributed by atoms with Gasteiger partial charge in [0.25, 0.3) is 0 Å². The third-order valence-corrected chi connectivity index (χ3v) is 3.36. The number of amides is 2. The van der Waals surface area contributed by atoms with E-state index in [-0.39, 0.29) is 6.54 Å². The van der Waals surface area contributed by atoms with E-state index in [4.69, 9.17) is 0 Å². The van der Waals surface area contributed by atoms with Crippen LogP contribution >= 0.6 is 0 Å². The van der Waals surface area contributed by atoms with Crippen molar-refractivity contribution in [1.29, 1.82) is 0 Å². The van der Waals surface area contributed by atoms with E-state index in [1.165, 1.54) is 11.8 Å². The lowest BCUT2D eigenvalue weighted by Crippen LogP contribution is -2.37. The summed E-state index contributed by atoms with van der Waals surface area (Å²) < 4.78 is 0. The van der Waals surface area contributed by atoms with Crippen molar-refractivity contribution in [3.05, 3.63) is 65.5 Å². The maximum absolute atomic E-state index is 11.7. The summed E-state index contributed by atoms with van der Waals surface area (Å²) >= 11 is 0. The molecule has 0 saturated heterocycles. The zero-order chi connectivity index (χ0) is 17.4. The summed E-state index contributed by atoms with van der Waals surface area (Å²) in [4.78, 5) is 27.2. The van der Waals surface area contributed by atoms with Gasteiger partial charge in [-0.15, -0.1) is 0 Å². The molecular formula is C18H20N4O2. The number of aromatic nitrogens is 1. The second-order valence-corrected chi connectivity index (χ2v) is 5.56. The summed E-state index contributed by atoms with van der Waals surface area (Å²) in [6, 6.07) is 11.4. The zero-order valence-electron chi connectivity index (χ0n) is 13.7. The fourth-order valence-electron chi connectivity index (χ4n) is 1.95. The van der Waals surface area contributed by atoms with Crippen molar-refractivity contribution in [2.75, 3.05) is 0 Å². The Labute approximate surface area is 141 Å². The van der Waals surface area contributed by atoms with E-state index in [0.717, 1.165) is 11.1 Å². The first-order valence-electron chi connectivity index (χ1n) is 7.66. The quantitative estimate of drug-likeness (QED) is 0.501. The van der Waals surface area contributed by atoms with Gasteiger partial charge in [0.1, 0.15) is 0 Å². The minimum atomic E-state index is -0.811. The van der Waals surface area contributed by atoms with Crippen LogP contribution in [0.5, 0.6) is 0 Å². The van der Waals surface area contributed by atoms with Crippen molar-refractivity contribution in [2.45, 2.75) is 26.3 Å². The lowest BCUT2D eigenvalue weighted by Gasteiger charge is -2.05. The van der Waals surface area contributed by atoms with Crippen LogP contribution in [0.2, 0.25) is 0 Å². The number of carbonyl (C=O) groups excluding carboxylic acids is 2. The van der Waals surface area contributed by atoms with Gasteiger partial charge in [0.15, 0.2) is 0 Å². The molecule has 0 bridgehead atoms. The Balaban J connectivity index is 1.80. The molecule has 0 radical (unpaired) electrons. The molecule has 6 heteroatoms. The Kier molecular flexibility index (Phi) is 6.19. The van der Waals surface area contributed by atoms with Crippen LogP contribution in [0.25, 0.3) is 0 Å². The highest BCUT2D eigenvalue weighted by Crippen LogP contribution is 2.13. The topological polar surface area (TPSA) is 83.5 Å². The molecule has 2 N–H and O–H groups in total. The highest BCUT2D eigenvalue weighted by Gasteiger charge is 2.11. The summed E-state index contributed by atoms with van der Waals surface area (Å²) in [7, 11) is 0. The third kappa shape index (κ3) is 5.31. The van der Waals surface area contributed by atoms with Gasteiger partial charge in [-0.05, 0) is 28.7 Å². The van der Waals surface area contributed by atoms with Gasteiger partial charge in [-0.3, -0.25) is 14.6 Å². The maximum atomic E-state index is 11.7. The maximum Gasteiger partial charge on any atom is 0.329 e. The SMILES string of the molecule is CC(C)c1ccc(/C=N\NC(=O)C(=O)NCc2cccnc2)cc1. The number of hydrogen-bond donors (Lipinski definition) is 2. The second-order valence-electron chi connectivity index (χ2n) is 5.56. The van der Waals surface area contributed by atoms with E-state index in [1.54, 1.807) is 18.5 Å². The van der Waals surface area contributed by atoms with Crippen LogP contribution in [-0.2, 0) is 16.1 Å². The van der Waals surface area contributed by atoms with Crippen LogP contribution in [0.4, 0.5) is 0 Å². The molecule has 0 saturated carbocycles. The smallest absolute Gasteiger partial charge is 0.329 e. The predicted molar refractivity (Wildman–Crippen MR) is 92.4 cm³/mol. The van der Waals surface area contributed by atoms with Gasteiger partial charge in [0.2, 0.25) is 0 Å². The van der Waals surface area contributed by atoms with Gasteiger partial charge in [-0.1, -0.05) is 44.2 Å². The van der Waals surface area contributed by atoms with Gasteiger partial charge >= 0.3 is 11.8 Å². The minimum absolute atomic E-state index is 0.237. The highest BCUT2D eigenvalue weighted by molar-refractivity contribution is 6.35. The molecule has 6 nitrogen and oxygen atoms in total. The largest absolute Gasteiger partial charge is 0.344 e. The molecule has 124 valence electrons. The van der Waals surface area contributed by atoms with Crippen molar-refractivity contribution in [3.63, 3.8) is 0 Å². The van der Waals surface area contributed by atoms with Crippen LogP contribution in [0.15, 0.2) is 53.9 Å². The molecule has 0 fully saturated rings. The number of hydrazone groups is 1. The molecular weight excluding hydrogens is 304 g/mol. The fourth-order valence-corrected chi connectivity index (χ4v) is 1.95. The van der Waals surface area contributed by atoms with E-state index in [1.807, 2.05) is 30.3 Å². The van der Waals surface area contributed by atoms with E-state index in [2.05, 4.69) is 34.7 Å². The van der Waals surface area contributed by atoms with Crippen molar-refractivity contribution < 1.29 is 9.59 Å². The van der Waals surface area contributed by atoms with Crippen molar-refractivity contribution >= 4 is 18.0 Å². The molecule has 0 aliphatic heterocycles. The molecule has 24 heavy (non-hydrogen) atoms. The molecule has 1 aromatic carbocycles. The van der Waals surface area contributed by atoms with Gasteiger partial charge in [0, 0.05) is 18.9 Å². The number of pyridine rings is 1. The van der Waals surface area contributed by atoms with Crippen LogP contribution in [0.1, 0.15) is 36.5 Å². The summed E-state index contributed by atoms with van der Waals surface area (Å²) in [6.45, 7) is 4.47. The van der Waals surface area contributed by atoms with Crippen LogP contribution in [0, 0.1) is 0 Å². The summed E-state index contributed by atoms with van der Waals surface area (Å²) in [5, 5.41) is 6.30. The number of carbonyl (C=O) groups is 2. The van der Waals surface area contributed by atoms with Crippen molar-refractivity contribution in [1.82, 2.24) is 15.7 Å². The highest BCUT2D eigenvalue weighted by atomic mass is 16.2. The Hall–Kier alpha value is -3.02. The second kappa shape index (κ2) is 8.57. The molecule has 0 unspecified atom stereocenters. The van der Waals surface area contributed by atoms with Crippen LogP contribution in [0.3, 0.4) is 0 Å². The van der Waals surface area contributed by atoms with E-state index >= 15 is 0 Å². The van der Waals surface area contributed by atoms with E-state index in [0.29, 0.717) is 5.92 Å². The van der Waals surface area contributed by atoms with Gasteiger partial charge in [-0.25, -0.2) is 5.43 Å². The number of rotatable bonds is 5. The standard InChI is InChI=1S/C18H20N4O2/c1-13(2)16-7-5-14(6-8-16)12-21-22-18(24)17(23)20-11-15-4-3-9-19-10-15/h3-10,12-13H,11H2,1-2H3,(H,20,23)(H,22,24)/b21-12-. The van der Waals surface area contributed by atoms with Crippen molar-refractivity contribution in [3.8, 4) is 0 Å². The summed E-state index contributed by atoms with van der Waals surface area (Å²) in [5.41, 5.74) is 5.09. The Morgan fingerprint density at radius 2 is 1.92 bits per heavy atom. The van der Waals surface area contributed by atoms with Gasteiger partial charge in [-0.2, -0.15) is 5.10 Å². The molecule has 0 aliphatic rings. The third-order valence-electron chi connectivity index (χ3n) is 3.36. The Bertz CT molecular complexity index is 710. The molecule has 0 atom stereocenters. The van der Waals surface area contributed by atoms with Gasteiger partial charge in [0.05, 0.1) is 6.21 Å². The average molecular weight is 324 g/mol. The summed E-state index contributed by atoms with van der Waals surface area (Å²) in [6.07, 6.45) is 4.76. The average Bonchev–Trinajstić information content (AvgIpc) is 2.61. The minimum Gasteiger partial charge on any atom is -0.344 e. The number of benzene rings is 1. The van der Waals surface area contributed by atoms with E-state index < -0.39 is 11.8 Å². The molecule has 0 spiro atoms. The lowest BCUT2D eigenvalue weighted by molar-refractivity contribution is -0.139. The van der Waals surface area contributed by atoms with Crippen LogP contribution in [-0.4, -0.2) is 23.0 Å². The fraction of sp³-hybridized carbons (Fsp3) is 0.222. The summed E-state index contributed by atoms with van der Waals surface area (Å²) in [5.74, 6) is -1.10. The van der Waals surface area contributed by atoms with E-state index in [9.17, 15) is 9.59 Å². The normalized spacial score (nSPS) is 10.8. The molecule has 0 aliphatic carbocycles. The molecule has 2 aromatic rings. The predicted octanol–water partition coefficient (Wildman–Crippen LogP) is 1.97. The first-order chi connectivity index (χ1) is 11.6. The van der Waals surface area contributed by atoms with Gasteiger partial charge < -0.3 is 5.32 Å². The Morgan fingerprint density at radius 1 is 1.17 bits per heavy atom.